The van der Waals surface area contributed by atoms with Crippen molar-refractivity contribution >= 4 is 0 Å². The standard InChI is InChI=1S/C10H18N4/c1-3-8-4-5-11-9(6-8)10-7-12-14(2)13-10/h7-9,11H,3-6H2,1-2H3. The lowest BCUT2D eigenvalue weighted by Gasteiger charge is -2.28. The molecule has 0 spiro atoms. The maximum Gasteiger partial charge on any atom is 0.0996 e. The zero-order valence-corrected chi connectivity index (χ0v) is 8.90. The summed E-state index contributed by atoms with van der Waals surface area (Å²) in [6.07, 6.45) is 5.65. The fourth-order valence-corrected chi connectivity index (χ4v) is 2.11. The van der Waals surface area contributed by atoms with Gasteiger partial charge in [-0.05, 0) is 25.3 Å². The van der Waals surface area contributed by atoms with Crippen molar-refractivity contribution in [2.45, 2.75) is 32.2 Å². The summed E-state index contributed by atoms with van der Waals surface area (Å²) in [5, 5.41) is 12.0. The van der Waals surface area contributed by atoms with Gasteiger partial charge >= 0.3 is 0 Å². The molecule has 1 aliphatic rings. The van der Waals surface area contributed by atoms with Crippen molar-refractivity contribution in [1.82, 2.24) is 20.3 Å². The maximum absolute atomic E-state index is 4.35. The van der Waals surface area contributed by atoms with E-state index in [0.29, 0.717) is 6.04 Å². The second kappa shape index (κ2) is 4.09. The molecule has 78 valence electrons. The molecule has 2 unspecified atom stereocenters. The first-order chi connectivity index (χ1) is 6.79. The molecule has 1 aromatic heterocycles. The lowest BCUT2D eigenvalue weighted by Crippen LogP contribution is -2.31. The summed E-state index contributed by atoms with van der Waals surface area (Å²) in [7, 11) is 1.86. The molecule has 2 rings (SSSR count). The van der Waals surface area contributed by atoms with Crippen LogP contribution in [0.2, 0.25) is 0 Å². The Labute approximate surface area is 84.7 Å². The fraction of sp³-hybridized carbons (Fsp3) is 0.800. The molecule has 4 heteroatoms. The third-order valence-corrected chi connectivity index (χ3v) is 3.06. The SMILES string of the molecule is CCC1CCNC(c2cnn(C)n2)C1. The van der Waals surface area contributed by atoms with E-state index < -0.39 is 0 Å². The van der Waals surface area contributed by atoms with Crippen molar-refractivity contribution in [2.75, 3.05) is 6.54 Å². The Morgan fingerprint density at radius 1 is 1.64 bits per heavy atom. The number of hydrogen-bond donors (Lipinski definition) is 1. The molecule has 1 N–H and O–H groups in total. The lowest BCUT2D eigenvalue weighted by atomic mass is 9.89. The minimum absolute atomic E-state index is 0.419. The molecule has 4 nitrogen and oxygen atoms in total. The molecule has 0 aliphatic carbocycles. The topological polar surface area (TPSA) is 42.7 Å². The van der Waals surface area contributed by atoms with Crippen LogP contribution in [0.15, 0.2) is 6.20 Å². The number of rotatable bonds is 2. The molecular formula is C10H18N4. The van der Waals surface area contributed by atoms with E-state index in [9.17, 15) is 0 Å². The van der Waals surface area contributed by atoms with Gasteiger partial charge in [0.1, 0.15) is 0 Å². The van der Waals surface area contributed by atoms with Crippen molar-refractivity contribution < 1.29 is 0 Å². The number of aryl methyl sites for hydroxylation is 1. The first kappa shape index (κ1) is 9.65. The maximum atomic E-state index is 4.35. The van der Waals surface area contributed by atoms with E-state index in [-0.39, 0.29) is 0 Å². The van der Waals surface area contributed by atoms with Gasteiger partial charge < -0.3 is 5.32 Å². The third kappa shape index (κ3) is 1.95. The van der Waals surface area contributed by atoms with Crippen molar-refractivity contribution in [3.63, 3.8) is 0 Å². The Balaban J connectivity index is 2.04. The summed E-state index contributed by atoms with van der Waals surface area (Å²) in [6, 6.07) is 0.419. The number of piperidine rings is 1. The van der Waals surface area contributed by atoms with Crippen LogP contribution in [0.25, 0.3) is 0 Å². The van der Waals surface area contributed by atoms with Crippen LogP contribution in [0.3, 0.4) is 0 Å². The van der Waals surface area contributed by atoms with Gasteiger partial charge in [-0.3, -0.25) is 0 Å². The first-order valence-electron chi connectivity index (χ1n) is 5.39. The summed E-state index contributed by atoms with van der Waals surface area (Å²) in [6.45, 7) is 3.38. The van der Waals surface area contributed by atoms with Gasteiger partial charge in [0.25, 0.3) is 0 Å². The predicted octanol–water partition coefficient (Wildman–Crippen LogP) is 1.27. The van der Waals surface area contributed by atoms with E-state index >= 15 is 0 Å². The minimum Gasteiger partial charge on any atom is -0.309 e. The van der Waals surface area contributed by atoms with Crippen LogP contribution in [0.1, 0.15) is 37.9 Å². The van der Waals surface area contributed by atoms with E-state index in [4.69, 9.17) is 0 Å². The van der Waals surface area contributed by atoms with Gasteiger partial charge in [0.05, 0.1) is 17.9 Å². The third-order valence-electron chi connectivity index (χ3n) is 3.06. The van der Waals surface area contributed by atoms with Crippen LogP contribution in [0.4, 0.5) is 0 Å². The molecule has 1 aliphatic heterocycles. The number of hydrogen-bond acceptors (Lipinski definition) is 3. The Morgan fingerprint density at radius 3 is 3.14 bits per heavy atom. The van der Waals surface area contributed by atoms with Crippen LogP contribution < -0.4 is 5.32 Å². The van der Waals surface area contributed by atoms with E-state index in [1.54, 1.807) is 4.80 Å². The molecule has 1 aromatic rings. The van der Waals surface area contributed by atoms with Crippen molar-refractivity contribution in [1.29, 1.82) is 0 Å². The highest BCUT2D eigenvalue weighted by Crippen LogP contribution is 2.27. The number of aromatic nitrogens is 3. The van der Waals surface area contributed by atoms with Gasteiger partial charge in [-0.1, -0.05) is 13.3 Å². The second-order valence-electron chi connectivity index (χ2n) is 4.06. The van der Waals surface area contributed by atoms with Gasteiger partial charge in [0.15, 0.2) is 0 Å². The van der Waals surface area contributed by atoms with Crippen molar-refractivity contribution in [2.24, 2.45) is 13.0 Å². The van der Waals surface area contributed by atoms with Gasteiger partial charge in [0, 0.05) is 7.05 Å². The van der Waals surface area contributed by atoms with Crippen molar-refractivity contribution in [3.05, 3.63) is 11.9 Å². The number of nitrogens with zero attached hydrogens (tertiary/aromatic N) is 3. The summed E-state index contributed by atoms with van der Waals surface area (Å²) in [4.78, 5) is 1.63. The minimum atomic E-state index is 0.419. The normalized spacial score (nSPS) is 27.9. The Kier molecular flexibility index (Phi) is 2.82. The molecule has 0 saturated carbocycles. The summed E-state index contributed by atoms with van der Waals surface area (Å²) < 4.78 is 0. The van der Waals surface area contributed by atoms with Gasteiger partial charge in [-0.25, -0.2) is 0 Å². The predicted molar refractivity (Wildman–Crippen MR) is 54.8 cm³/mol. The lowest BCUT2D eigenvalue weighted by molar-refractivity contribution is 0.294. The smallest absolute Gasteiger partial charge is 0.0996 e. The Morgan fingerprint density at radius 2 is 2.50 bits per heavy atom. The monoisotopic (exact) mass is 194 g/mol. The van der Waals surface area contributed by atoms with Gasteiger partial charge in [0.2, 0.25) is 0 Å². The zero-order chi connectivity index (χ0) is 9.97. The van der Waals surface area contributed by atoms with E-state index in [1.165, 1.54) is 19.3 Å². The highest BCUT2D eigenvalue weighted by molar-refractivity contribution is 5.01. The molecule has 14 heavy (non-hydrogen) atoms. The van der Waals surface area contributed by atoms with E-state index in [1.807, 2.05) is 13.2 Å². The molecule has 0 radical (unpaired) electrons. The summed E-state index contributed by atoms with van der Waals surface area (Å²) in [5.41, 5.74) is 1.09. The van der Waals surface area contributed by atoms with Crippen LogP contribution >= 0.6 is 0 Å². The molecule has 0 aromatic carbocycles. The van der Waals surface area contributed by atoms with Gasteiger partial charge in [-0.15, -0.1) is 0 Å². The molecule has 2 atom stereocenters. The molecule has 0 bridgehead atoms. The van der Waals surface area contributed by atoms with Crippen LogP contribution in [0.5, 0.6) is 0 Å². The summed E-state index contributed by atoms with van der Waals surface area (Å²) >= 11 is 0. The van der Waals surface area contributed by atoms with Crippen LogP contribution in [-0.4, -0.2) is 21.5 Å². The Hall–Kier alpha value is -0.900. The highest BCUT2D eigenvalue weighted by atomic mass is 15.5. The quantitative estimate of drug-likeness (QED) is 0.771. The van der Waals surface area contributed by atoms with Gasteiger partial charge in [-0.2, -0.15) is 15.0 Å². The average Bonchev–Trinajstić information content (AvgIpc) is 2.65. The molecule has 2 heterocycles. The largest absolute Gasteiger partial charge is 0.309 e. The first-order valence-corrected chi connectivity index (χ1v) is 5.39. The number of nitrogens with one attached hydrogen (secondary N) is 1. The molecule has 1 saturated heterocycles. The van der Waals surface area contributed by atoms with E-state index in [0.717, 1.165) is 18.2 Å². The average molecular weight is 194 g/mol. The summed E-state index contributed by atoms with van der Waals surface area (Å²) in [5.74, 6) is 0.850. The van der Waals surface area contributed by atoms with Crippen LogP contribution in [-0.2, 0) is 7.05 Å². The molecule has 0 amide bonds. The zero-order valence-electron chi connectivity index (χ0n) is 8.90. The Bertz CT molecular complexity index is 294. The fourth-order valence-electron chi connectivity index (χ4n) is 2.11. The van der Waals surface area contributed by atoms with Crippen LogP contribution in [0, 0.1) is 5.92 Å². The van der Waals surface area contributed by atoms with Crippen molar-refractivity contribution in [3.8, 4) is 0 Å². The molecule has 1 fully saturated rings. The molecular weight excluding hydrogens is 176 g/mol. The second-order valence-corrected chi connectivity index (χ2v) is 4.06. The highest BCUT2D eigenvalue weighted by Gasteiger charge is 2.23. The van der Waals surface area contributed by atoms with E-state index in [2.05, 4.69) is 22.4 Å².